The first kappa shape index (κ1) is 28.0. The van der Waals surface area contributed by atoms with Gasteiger partial charge in [-0.05, 0) is 48.7 Å². The Morgan fingerprint density at radius 1 is 1.18 bits per heavy atom. The number of carboxylic acids is 1. The van der Waals surface area contributed by atoms with Gasteiger partial charge in [0.2, 0.25) is 5.91 Å². The predicted octanol–water partition coefficient (Wildman–Crippen LogP) is 5.12. The van der Waals surface area contributed by atoms with Crippen LogP contribution in [0.25, 0.3) is 10.9 Å². The van der Waals surface area contributed by atoms with E-state index in [9.17, 15) is 27.9 Å². The topological polar surface area (TPSA) is 89.1 Å². The molecule has 1 amide bonds. The van der Waals surface area contributed by atoms with Crippen molar-refractivity contribution in [3.63, 3.8) is 0 Å². The Bertz CT molecular complexity index is 1420. The zero-order valence-electron chi connectivity index (χ0n) is 22.6. The molecule has 2 N–H and O–H groups in total. The molecule has 2 aliphatic rings. The van der Waals surface area contributed by atoms with Gasteiger partial charge in [-0.1, -0.05) is 6.07 Å². The van der Waals surface area contributed by atoms with Gasteiger partial charge in [0, 0.05) is 74.4 Å². The number of carbonyl (C=O) groups is 2. The number of rotatable bonds is 8. The Kier molecular flexibility index (Phi) is 7.78. The molecular formula is C29H33F3N4O4. The lowest BCUT2D eigenvalue weighted by atomic mass is 9.97. The molecule has 0 bridgehead atoms. The number of carbonyl (C=O) groups excluding carboxylic acids is 1. The fourth-order valence-electron chi connectivity index (χ4n) is 5.92. The number of benzene rings is 2. The Balaban J connectivity index is 1.53. The number of aromatic nitrogens is 1. The molecule has 2 fully saturated rings. The Morgan fingerprint density at radius 2 is 1.98 bits per heavy atom. The largest absolute Gasteiger partial charge is 0.496 e. The van der Waals surface area contributed by atoms with Gasteiger partial charge in [-0.2, -0.15) is 13.2 Å². The quantitative estimate of drug-likeness (QED) is 0.399. The van der Waals surface area contributed by atoms with Gasteiger partial charge in [0.15, 0.2) is 0 Å². The number of carboxylic acid groups (broad SMARTS) is 1. The van der Waals surface area contributed by atoms with Crippen LogP contribution in [0.5, 0.6) is 5.75 Å². The monoisotopic (exact) mass is 558 g/mol. The molecule has 11 heteroatoms. The number of fused-ring (bicyclic) bond motifs is 1. The number of hydrogen-bond donors (Lipinski definition) is 2. The van der Waals surface area contributed by atoms with Crippen molar-refractivity contribution in [2.45, 2.75) is 44.9 Å². The minimum Gasteiger partial charge on any atom is -0.496 e. The summed E-state index contributed by atoms with van der Waals surface area (Å²) in [6.45, 7) is 4.09. The van der Waals surface area contributed by atoms with Crippen molar-refractivity contribution in [3.8, 4) is 5.75 Å². The number of H-pyrrole nitrogens is 1. The lowest BCUT2D eigenvalue weighted by Crippen LogP contribution is -2.48. The number of anilines is 1. The van der Waals surface area contributed by atoms with Crippen LogP contribution < -0.4 is 9.64 Å². The molecule has 0 aliphatic carbocycles. The van der Waals surface area contributed by atoms with Crippen LogP contribution in [0.15, 0.2) is 36.5 Å². The number of hydrogen-bond acceptors (Lipinski definition) is 5. The van der Waals surface area contributed by atoms with Gasteiger partial charge in [-0.15, -0.1) is 0 Å². The van der Waals surface area contributed by atoms with Gasteiger partial charge in [0.25, 0.3) is 0 Å². The van der Waals surface area contributed by atoms with Gasteiger partial charge in [-0.25, -0.2) is 4.79 Å². The van der Waals surface area contributed by atoms with Crippen LogP contribution in [0.4, 0.5) is 18.9 Å². The molecular weight excluding hydrogens is 525 g/mol. The fourth-order valence-corrected chi connectivity index (χ4v) is 5.92. The highest BCUT2D eigenvalue weighted by molar-refractivity contribution is 6.03. The average Bonchev–Trinajstić information content (AvgIpc) is 3.58. The second-order valence-corrected chi connectivity index (χ2v) is 10.5. The Hall–Kier alpha value is -3.57. The number of ether oxygens (including phenoxy) is 1. The Labute approximate surface area is 230 Å². The van der Waals surface area contributed by atoms with Crippen molar-refractivity contribution in [2.24, 2.45) is 0 Å². The number of alkyl halides is 3. The molecule has 40 heavy (non-hydrogen) atoms. The third kappa shape index (κ3) is 5.66. The Morgan fingerprint density at radius 3 is 2.65 bits per heavy atom. The van der Waals surface area contributed by atoms with E-state index in [-0.39, 0.29) is 24.1 Å². The lowest BCUT2D eigenvalue weighted by Gasteiger charge is -2.42. The van der Waals surface area contributed by atoms with Crippen LogP contribution in [0.1, 0.15) is 52.4 Å². The van der Waals surface area contributed by atoms with Crippen molar-refractivity contribution < 1.29 is 32.6 Å². The highest BCUT2D eigenvalue weighted by Gasteiger charge is 2.34. The zero-order chi connectivity index (χ0) is 28.6. The predicted molar refractivity (Wildman–Crippen MR) is 145 cm³/mol. The number of methoxy groups -OCH3 is 1. The van der Waals surface area contributed by atoms with Crippen molar-refractivity contribution >= 4 is 28.5 Å². The summed E-state index contributed by atoms with van der Waals surface area (Å²) in [7, 11) is 1.62. The highest BCUT2D eigenvalue weighted by Crippen LogP contribution is 2.37. The summed E-state index contributed by atoms with van der Waals surface area (Å²) >= 11 is 0. The standard InChI is InChI=1S/C29H33F3N4O4/c1-18-14-25(40-2)22(20-7-9-33-27(18)20)16-35-13-12-34(11-8-29(30,31)32)17-24(35)19-5-6-21(28(38)39)23(15-19)36-10-3-4-26(36)37/h5-7,9,14-15,24,33H,3-4,8,10-13,16-17H2,1-2H3,(H,38,39). The third-order valence-corrected chi connectivity index (χ3v) is 7.98. The number of aromatic carboxylic acids is 1. The van der Waals surface area contributed by atoms with Gasteiger partial charge in [0.1, 0.15) is 5.75 Å². The molecule has 0 spiro atoms. The van der Waals surface area contributed by atoms with Gasteiger partial charge in [0.05, 0.1) is 24.8 Å². The summed E-state index contributed by atoms with van der Waals surface area (Å²) in [5.74, 6) is -0.536. The molecule has 0 radical (unpaired) electrons. The molecule has 214 valence electrons. The van der Waals surface area contributed by atoms with Crippen molar-refractivity contribution in [1.29, 1.82) is 0 Å². The number of halogens is 3. The van der Waals surface area contributed by atoms with Gasteiger partial charge >= 0.3 is 12.1 Å². The second-order valence-electron chi connectivity index (χ2n) is 10.5. The SMILES string of the molecule is COc1cc(C)c2[nH]ccc2c1CN1CCN(CCC(F)(F)F)CC1c1ccc(C(=O)O)c(N2CCCC2=O)c1. The van der Waals surface area contributed by atoms with E-state index in [0.29, 0.717) is 51.3 Å². The summed E-state index contributed by atoms with van der Waals surface area (Å²) in [5.41, 5.74) is 4.13. The van der Waals surface area contributed by atoms with Crippen LogP contribution in [-0.4, -0.2) is 77.8 Å². The minimum absolute atomic E-state index is 0.0320. The smallest absolute Gasteiger partial charge is 0.390 e. The van der Waals surface area contributed by atoms with Crippen LogP contribution in [0.3, 0.4) is 0 Å². The maximum atomic E-state index is 13.1. The van der Waals surface area contributed by atoms with E-state index in [1.807, 2.05) is 25.3 Å². The van der Waals surface area contributed by atoms with Crippen molar-refractivity contribution in [2.75, 3.05) is 44.7 Å². The van der Waals surface area contributed by atoms with E-state index >= 15 is 0 Å². The van der Waals surface area contributed by atoms with E-state index < -0.39 is 18.6 Å². The van der Waals surface area contributed by atoms with E-state index in [4.69, 9.17) is 4.74 Å². The molecule has 2 saturated heterocycles. The molecule has 0 saturated carbocycles. The van der Waals surface area contributed by atoms with Gasteiger partial charge in [-0.3, -0.25) is 14.6 Å². The van der Waals surface area contributed by atoms with Crippen LogP contribution in [0.2, 0.25) is 0 Å². The first-order chi connectivity index (χ1) is 19.1. The first-order valence-corrected chi connectivity index (χ1v) is 13.4. The van der Waals surface area contributed by atoms with Crippen LogP contribution in [-0.2, 0) is 11.3 Å². The fraction of sp³-hybridized carbons (Fsp3) is 0.448. The summed E-state index contributed by atoms with van der Waals surface area (Å²) in [6.07, 6.45) is -2.29. The van der Waals surface area contributed by atoms with E-state index in [1.54, 1.807) is 24.1 Å². The number of aromatic amines is 1. The van der Waals surface area contributed by atoms with Crippen molar-refractivity contribution in [3.05, 3.63) is 58.8 Å². The van der Waals surface area contributed by atoms with E-state index in [2.05, 4.69) is 9.88 Å². The first-order valence-electron chi connectivity index (χ1n) is 13.4. The number of amides is 1. The molecule has 2 aliphatic heterocycles. The maximum absolute atomic E-state index is 13.1. The second kappa shape index (κ2) is 11.1. The molecule has 1 unspecified atom stereocenters. The molecule has 8 nitrogen and oxygen atoms in total. The number of piperazine rings is 1. The van der Waals surface area contributed by atoms with Crippen molar-refractivity contribution in [1.82, 2.24) is 14.8 Å². The summed E-state index contributed by atoms with van der Waals surface area (Å²) in [4.78, 5) is 33.4. The van der Waals surface area contributed by atoms with Gasteiger partial charge < -0.3 is 19.7 Å². The average molecular weight is 559 g/mol. The third-order valence-electron chi connectivity index (χ3n) is 7.98. The lowest BCUT2D eigenvalue weighted by molar-refractivity contribution is -0.139. The summed E-state index contributed by atoms with van der Waals surface area (Å²) < 4.78 is 44.9. The molecule has 3 heterocycles. The zero-order valence-corrected chi connectivity index (χ0v) is 22.6. The summed E-state index contributed by atoms with van der Waals surface area (Å²) in [6, 6.07) is 8.59. The summed E-state index contributed by atoms with van der Waals surface area (Å²) in [5, 5.41) is 10.8. The minimum atomic E-state index is -4.26. The molecule has 5 rings (SSSR count). The molecule has 1 aromatic heterocycles. The highest BCUT2D eigenvalue weighted by atomic mass is 19.4. The number of nitrogens with zero attached hydrogens (tertiary/aromatic N) is 3. The van der Waals surface area contributed by atoms with E-state index in [0.717, 1.165) is 33.3 Å². The molecule has 2 aromatic carbocycles. The number of aryl methyl sites for hydroxylation is 1. The number of nitrogens with one attached hydrogen (secondary N) is 1. The maximum Gasteiger partial charge on any atom is 0.390 e. The molecule has 1 atom stereocenters. The van der Waals surface area contributed by atoms with Crippen LogP contribution in [0, 0.1) is 6.92 Å². The molecule has 3 aromatic rings. The van der Waals surface area contributed by atoms with E-state index in [1.165, 1.54) is 11.0 Å². The normalized spacial score (nSPS) is 19.1. The van der Waals surface area contributed by atoms with Crippen LogP contribution >= 0.6 is 0 Å².